The lowest BCUT2D eigenvalue weighted by atomic mass is 9.82. The first-order valence-corrected chi connectivity index (χ1v) is 7.18. The Balaban J connectivity index is 2.28. The van der Waals surface area contributed by atoms with Gasteiger partial charge in [0.15, 0.2) is 0 Å². The van der Waals surface area contributed by atoms with Crippen LogP contribution >= 0.6 is 0 Å². The van der Waals surface area contributed by atoms with E-state index in [2.05, 4.69) is 18.7 Å². The second-order valence-corrected chi connectivity index (χ2v) is 5.61. The molecule has 0 amide bonds. The molecule has 0 bridgehead atoms. The maximum atomic E-state index is 10.8. The van der Waals surface area contributed by atoms with Crippen LogP contribution < -0.4 is 4.90 Å². The summed E-state index contributed by atoms with van der Waals surface area (Å²) in [6.07, 6.45) is 3.42. The molecular weight excluding hydrogens is 256 g/mol. The Morgan fingerprint density at radius 2 is 2.10 bits per heavy atom. The van der Waals surface area contributed by atoms with E-state index in [4.69, 9.17) is 0 Å². The molecule has 1 aromatic rings. The van der Waals surface area contributed by atoms with Gasteiger partial charge in [-0.05, 0) is 30.7 Å². The summed E-state index contributed by atoms with van der Waals surface area (Å²) in [5, 5.41) is 20.3. The van der Waals surface area contributed by atoms with Crippen molar-refractivity contribution in [3.63, 3.8) is 0 Å². The summed E-state index contributed by atoms with van der Waals surface area (Å²) in [4.78, 5) is 12.6. The predicted molar refractivity (Wildman–Crippen MR) is 78.9 cm³/mol. The van der Waals surface area contributed by atoms with Crippen LogP contribution in [0.15, 0.2) is 18.2 Å². The topological polar surface area (TPSA) is 66.6 Å². The second kappa shape index (κ2) is 5.79. The number of nitro groups is 1. The maximum absolute atomic E-state index is 10.8. The molecule has 2 rings (SSSR count). The molecule has 0 unspecified atom stereocenters. The Bertz CT molecular complexity index is 498. The minimum atomic E-state index is -0.421. The zero-order chi connectivity index (χ0) is 14.8. The molecule has 1 fully saturated rings. The standard InChI is InChI=1S/C15H22N2O3/c1-3-15(4-2)7-8-16(11-15)14-6-5-13(17(19)20)9-12(14)10-18/h5-6,9,18H,3-4,7-8,10-11H2,1-2H3. The summed E-state index contributed by atoms with van der Waals surface area (Å²) in [6, 6.07) is 4.77. The highest BCUT2D eigenvalue weighted by atomic mass is 16.6. The van der Waals surface area contributed by atoms with Crippen molar-refractivity contribution in [3.05, 3.63) is 33.9 Å². The molecule has 0 aliphatic carbocycles. The van der Waals surface area contributed by atoms with Gasteiger partial charge in [0.2, 0.25) is 0 Å². The van der Waals surface area contributed by atoms with Gasteiger partial charge in [0.1, 0.15) is 0 Å². The van der Waals surface area contributed by atoms with Crippen molar-refractivity contribution >= 4 is 11.4 Å². The van der Waals surface area contributed by atoms with Gasteiger partial charge in [-0.3, -0.25) is 10.1 Å². The quantitative estimate of drug-likeness (QED) is 0.664. The molecule has 0 radical (unpaired) electrons. The first-order valence-electron chi connectivity index (χ1n) is 7.18. The molecule has 0 aromatic heterocycles. The van der Waals surface area contributed by atoms with Gasteiger partial charge in [0.05, 0.1) is 11.5 Å². The number of rotatable bonds is 5. The van der Waals surface area contributed by atoms with Crippen LogP contribution in [0.5, 0.6) is 0 Å². The molecule has 5 nitrogen and oxygen atoms in total. The Hall–Kier alpha value is -1.62. The maximum Gasteiger partial charge on any atom is 0.269 e. The third kappa shape index (κ3) is 2.63. The molecule has 110 valence electrons. The van der Waals surface area contributed by atoms with Crippen LogP contribution in [0.1, 0.15) is 38.7 Å². The van der Waals surface area contributed by atoms with Crippen molar-refractivity contribution in [2.75, 3.05) is 18.0 Å². The zero-order valence-electron chi connectivity index (χ0n) is 12.1. The van der Waals surface area contributed by atoms with Crippen molar-refractivity contribution in [1.82, 2.24) is 0 Å². The number of aliphatic hydroxyl groups excluding tert-OH is 1. The van der Waals surface area contributed by atoms with Crippen molar-refractivity contribution in [1.29, 1.82) is 0 Å². The molecule has 1 aliphatic heterocycles. The smallest absolute Gasteiger partial charge is 0.269 e. The van der Waals surface area contributed by atoms with E-state index in [1.54, 1.807) is 6.07 Å². The van der Waals surface area contributed by atoms with E-state index >= 15 is 0 Å². The molecule has 0 spiro atoms. The fraction of sp³-hybridized carbons (Fsp3) is 0.600. The van der Waals surface area contributed by atoms with Gasteiger partial charge in [0.25, 0.3) is 5.69 Å². The lowest BCUT2D eigenvalue weighted by Crippen LogP contribution is -2.26. The summed E-state index contributed by atoms with van der Waals surface area (Å²) < 4.78 is 0. The summed E-state index contributed by atoms with van der Waals surface area (Å²) in [5.74, 6) is 0. The van der Waals surface area contributed by atoms with Crippen LogP contribution in [0, 0.1) is 15.5 Å². The van der Waals surface area contributed by atoms with Crippen molar-refractivity contribution in [2.24, 2.45) is 5.41 Å². The minimum absolute atomic E-state index is 0.0363. The summed E-state index contributed by atoms with van der Waals surface area (Å²) >= 11 is 0. The number of hydrogen-bond acceptors (Lipinski definition) is 4. The second-order valence-electron chi connectivity index (χ2n) is 5.61. The van der Waals surface area contributed by atoms with Crippen LogP contribution in [0.3, 0.4) is 0 Å². The van der Waals surface area contributed by atoms with Gasteiger partial charge in [0, 0.05) is 36.5 Å². The van der Waals surface area contributed by atoms with Crippen molar-refractivity contribution in [3.8, 4) is 0 Å². The van der Waals surface area contributed by atoms with Gasteiger partial charge < -0.3 is 10.0 Å². The number of nitrogens with zero attached hydrogens (tertiary/aromatic N) is 2. The average molecular weight is 278 g/mol. The number of anilines is 1. The van der Waals surface area contributed by atoms with Crippen molar-refractivity contribution in [2.45, 2.75) is 39.7 Å². The third-order valence-corrected chi connectivity index (χ3v) is 4.72. The fourth-order valence-electron chi connectivity index (χ4n) is 3.09. The Labute approximate surface area is 119 Å². The highest BCUT2D eigenvalue weighted by Gasteiger charge is 2.35. The van der Waals surface area contributed by atoms with Gasteiger partial charge in [-0.25, -0.2) is 0 Å². The van der Waals surface area contributed by atoms with E-state index in [1.165, 1.54) is 12.1 Å². The number of hydrogen-bond donors (Lipinski definition) is 1. The Morgan fingerprint density at radius 3 is 2.60 bits per heavy atom. The number of aliphatic hydroxyl groups is 1. The largest absolute Gasteiger partial charge is 0.392 e. The molecule has 1 N–H and O–H groups in total. The van der Waals surface area contributed by atoms with Crippen molar-refractivity contribution < 1.29 is 10.0 Å². The minimum Gasteiger partial charge on any atom is -0.392 e. The lowest BCUT2D eigenvalue weighted by molar-refractivity contribution is -0.384. The van der Waals surface area contributed by atoms with E-state index in [1.807, 2.05) is 0 Å². The van der Waals surface area contributed by atoms with Crippen LogP contribution in [-0.2, 0) is 6.61 Å². The molecule has 5 heteroatoms. The normalized spacial score (nSPS) is 17.4. The SMILES string of the molecule is CCC1(CC)CCN(c2ccc([N+](=O)[O-])cc2CO)C1. The lowest BCUT2D eigenvalue weighted by Gasteiger charge is -2.28. The first kappa shape index (κ1) is 14.8. The average Bonchev–Trinajstić information content (AvgIpc) is 2.91. The molecule has 20 heavy (non-hydrogen) atoms. The molecule has 1 heterocycles. The van der Waals surface area contributed by atoms with E-state index in [0.29, 0.717) is 11.0 Å². The van der Waals surface area contributed by atoms with Gasteiger partial charge in [-0.15, -0.1) is 0 Å². The Kier molecular flexibility index (Phi) is 4.28. The molecular formula is C15H22N2O3. The first-order chi connectivity index (χ1) is 9.55. The van der Waals surface area contributed by atoms with Gasteiger partial charge in [-0.1, -0.05) is 13.8 Å². The third-order valence-electron chi connectivity index (χ3n) is 4.72. The van der Waals surface area contributed by atoms with E-state index in [-0.39, 0.29) is 12.3 Å². The summed E-state index contributed by atoms with van der Waals surface area (Å²) in [5.41, 5.74) is 1.95. The van der Waals surface area contributed by atoms with Crippen LogP contribution in [0.25, 0.3) is 0 Å². The highest BCUT2D eigenvalue weighted by Crippen LogP contribution is 2.40. The van der Waals surface area contributed by atoms with E-state index < -0.39 is 4.92 Å². The van der Waals surface area contributed by atoms with Crippen LogP contribution in [0.2, 0.25) is 0 Å². The molecule has 1 aliphatic rings. The van der Waals surface area contributed by atoms with Gasteiger partial charge in [-0.2, -0.15) is 0 Å². The molecule has 0 saturated carbocycles. The molecule has 1 saturated heterocycles. The number of benzene rings is 1. The summed E-state index contributed by atoms with van der Waals surface area (Å²) in [7, 11) is 0. The molecule has 1 aromatic carbocycles. The number of nitro benzene ring substituents is 1. The monoisotopic (exact) mass is 278 g/mol. The van der Waals surface area contributed by atoms with Gasteiger partial charge >= 0.3 is 0 Å². The van der Waals surface area contributed by atoms with E-state index in [0.717, 1.165) is 38.0 Å². The number of non-ortho nitro benzene ring substituents is 1. The highest BCUT2D eigenvalue weighted by molar-refractivity contribution is 5.58. The van der Waals surface area contributed by atoms with Crippen LogP contribution in [0.4, 0.5) is 11.4 Å². The zero-order valence-corrected chi connectivity index (χ0v) is 12.1. The Morgan fingerprint density at radius 1 is 1.40 bits per heavy atom. The summed E-state index contributed by atoms with van der Waals surface area (Å²) in [6.45, 7) is 6.18. The predicted octanol–water partition coefficient (Wildman–Crippen LogP) is 3.10. The van der Waals surface area contributed by atoms with Crippen LogP contribution in [-0.4, -0.2) is 23.1 Å². The van der Waals surface area contributed by atoms with E-state index in [9.17, 15) is 15.2 Å². The fourth-order valence-corrected chi connectivity index (χ4v) is 3.09. The molecule has 0 atom stereocenters.